The number of carbonyl (C=O) groups is 1. The molecule has 18 heavy (non-hydrogen) atoms. The topological polar surface area (TPSA) is 84.3 Å². The third kappa shape index (κ3) is 3.44. The molecule has 0 saturated heterocycles. The van der Waals surface area contributed by atoms with Crippen molar-refractivity contribution in [1.29, 1.82) is 0 Å². The van der Waals surface area contributed by atoms with Crippen LogP contribution in [0.15, 0.2) is 42.7 Å². The molecule has 0 radical (unpaired) electrons. The highest BCUT2D eigenvalue weighted by molar-refractivity contribution is 5.80. The number of anilines is 1. The molecule has 0 aliphatic carbocycles. The Balaban J connectivity index is 1.92. The Bertz CT molecular complexity index is 514. The van der Waals surface area contributed by atoms with Crippen LogP contribution in [0.5, 0.6) is 5.75 Å². The number of nitrogens with zero attached hydrogens (tertiary/aromatic N) is 2. The van der Waals surface area contributed by atoms with Gasteiger partial charge in [-0.1, -0.05) is 30.3 Å². The van der Waals surface area contributed by atoms with Crippen LogP contribution in [0.4, 0.5) is 10.7 Å². The second kappa shape index (κ2) is 5.62. The summed E-state index contributed by atoms with van der Waals surface area (Å²) in [6, 6.07) is 9.67. The first kappa shape index (κ1) is 11.8. The number of nitrogens with one attached hydrogen (secondary N) is 1. The fourth-order valence-corrected chi connectivity index (χ4v) is 1.29. The minimum atomic E-state index is -1.20. The van der Waals surface area contributed by atoms with Crippen molar-refractivity contribution in [2.75, 3.05) is 5.32 Å². The Kier molecular flexibility index (Phi) is 3.70. The van der Waals surface area contributed by atoms with Crippen LogP contribution >= 0.6 is 0 Å². The minimum Gasteiger partial charge on any atom is -0.486 e. The van der Waals surface area contributed by atoms with E-state index in [9.17, 15) is 4.79 Å². The van der Waals surface area contributed by atoms with Crippen LogP contribution in [-0.2, 0) is 6.61 Å². The molecule has 0 fully saturated rings. The van der Waals surface area contributed by atoms with E-state index in [-0.39, 0.29) is 5.95 Å². The molecule has 92 valence electrons. The average Bonchev–Trinajstić information content (AvgIpc) is 2.38. The average molecular weight is 245 g/mol. The van der Waals surface area contributed by atoms with Crippen molar-refractivity contribution in [2.45, 2.75) is 6.61 Å². The third-order valence-corrected chi connectivity index (χ3v) is 2.10. The third-order valence-electron chi connectivity index (χ3n) is 2.10. The molecule has 0 spiro atoms. The van der Waals surface area contributed by atoms with Gasteiger partial charge in [0.05, 0.1) is 12.4 Å². The van der Waals surface area contributed by atoms with Crippen molar-refractivity contribution < 1.29 is 14.6 Å². The fraction of sp³-hybridized carbons (Fsp3) is 0.0833. The quantitative estimate of drug-likeness (QED) is 0.862. The molecule has 1 aromatic carbocycles. The van der Waals surface area contributed by atoms with Crippen LogP contribution in [0.1, 0.15) is 5.56 Å². The van der Waals surface area contributed by atoms with Gasteiger partial charge in [0.1, 0.15) is 6.61 Å². The molecule has 0 atom stereocenters. The van der Waals surface area contributed by atoms with Crippen molar-refractivity contribution in [1.82, 2.24) is 9.97 Å². The van der Waals surface area contributed by atoms with Crippen LogP contribution in [0.25, 0.3) is 0 Å². The normalized spacial score (nSPS) is 9.78. The van der Waals surface area contributed by atoms with Gasteiger partial charge in [-0.3, -0.25) is 5.32 Å². The van der Waals surface area contributed by atoms with E-state index < -0.39 is 6.09 Å². The summed E-state index contributed by atoms with van der Waals surface area (Å²) in [5.41, 5.74) is 1.03. The predicted octanol–water partition coefficient (Wildman–Crippen LogP) is 2.15. The number of hydrogen-bond donors (Lipinski definition) is 2. The van der Waals surface area contributed by atoms with E-state index in [1.165, 1.54) is 12.4 Å². The lowest BCUT2D eigenvalue weighted by Crippen LogP contribution is -2.10. The second-order valence-corrected chi connectivity index (χ2v) is 3.45. The SMILES string of the molecule is O=C(O)Nc1ncc(OCc2ccccc2)cn1. The summed E-state index contributed by atoms with van der Waals surface area (Å²) < 4.78 is 5.45. The molecule has 0 aliphatic rings. The summed E-state index contributed by atoms with van der Waals surface area (Å²) in [7, 11) is 0. The van der Waals surface area contributed by atoms with Crippen molar-refractivity contribution >= 4 is 12.0 Å². The number of benzene rings is 1. The Morgan fingerprint density at radius 2 is 1.89 bits per heavy atom. The van der Waals surface area contributed by atoms with Gasteiger partial charge in [0.15, 0.2) is 5.75 Å². The van der Waals surface area contributed by atoms with E-state index in [2.05, 4.69) is 9.97 Å². The number of hydrogen-bond acceptors (Lipinski definition) is 4. The molecule has 2 aromatic rings. The van der Waals surface area contributed by atoms with Gasteiger partial charge in [0.25, 0.3) is 0 Å². The summed E-state index contributed by atoms with van der Waals surface area (Å²) in [6.07, 6.45) is 1.63. The van der Waals surface area contributed by atoms with Crippen LogP contribution in [0.3, 0.4) is 0 Å². The summed E-state index contributed by atoms with van der Waals surface area (Å²) in [6.45, 7) is 0.413. The highest BCUT2D eigenvalue weighted by Gasteiger charge is 2.01. The lowest BCUT2D eigenvalue weighted by atomic mass is 10.2. The van der Waals surface area contributed by atoms with Gasteiger partial charge in [0.2, 0.25) is 5.95 Å². The molecular weight excluding hydrogens is 234 g/mol. The molecule has 1 heterocycles. The molecular formula is C12H11N3O3. The van der Waals surface area contributed by atoms with E-state index in [1.54, 1.807) is 0 Å². The molecule has 0 saturated carbocycles. The molecule has 6 nitrogen and oxygen atoms in total. The maximum atomic E-state index is 10.3. The zero-order chi connectivity index (χ0) is 12.8. The van der Waals surface area contributed by atoms with Gasteiger partial charge in [-0.2, -0.15) is 0 Å². The standard InChI is InChI=1S/C12H11N3O3/c16-12(17)15-11-13-6-10(7-14-11)18-8-9-4-2-1-3-5-9/h1-7H,8H2,(H,16,17)(H,13,14,15). The molecule has 2 N–H and O–H groups in total. The van der Waals surface area contributed by atoms with Crippen molar-refractivity contribution in [3.63, 3.8) is 0 Å². The van der Waals surface area contributed by atoms with E-state index in [4.69, 9.17) is 9.84 Å². The van der Waals surface area contributed by atoms with Gasteiger partial charge in [-0.15, -0.1) is 0 Å². The summed E-state index contributed by atoms with van der Waals surface area (Å²) in [5, 5.41) is 10.5. The Morgan fingerprint density at radius 3 is 2.50 bits per heavy atom. The van der Waals surface area contributed by atoms with E-state index >= 15 is 0 Å². The number of rotatable bonds is 4. The highest BCUT2D eigenvalue weighted by Crippen LogP contribution is 2.11. The minimum absolute atomic E-state index is 0.0227. The zero-order valence-corrected chi connectivity index (χ0v) is 9.41. The van der Waals surface area contributed by atoms with Crippen LogP contribution in [-0.4, -0.2) is 21.2 Å². The zero-order valence-electron chi connectivity index (χ0n) is 9.41. The van der Waals surface area contributed by atoms with Gasteiger partial charge >= 0.3 is 6.09 Å². The van der Waals surface area contributed by atoms with Crippen molar-refractivity contribution in [3.8, 4) is 5.75 Å². The lowest BCUT2D eigenvalue weighted by molar-refractivity contribution is 0.209. The first-order chi connectivity index (χ1) is 8.74. The van der Waals surface area contributed by atoms with Gasteiger partial charge in [0, 0.05) is 0 Å². The number of aromatic nitrogens is 2. The summed E-state index contributed by atoms with van der Waals surface area (Å²) >= 11 is 0. The largest absolute Gasteiger partial charge is 0.486 e. The fourth-order valence-electron chi connectivity index (χ4n) is 1.29. The van der Waals surface area contributed by atoms with Gasteiger partial charge < -0.3 is 9.84 Å². The van der Waals surface area contributed by atoms with E-state index in [1.807, 2.05) is 35.6 Å². The van der Waals surface area contributed by atoms with Crippen molar-refractivity contribution in [3.05, 3.63) is 48.3 Å². The van der Waals surface area contributed by atoms with Gasteiger partial charge in [-0.05, 0) is 5.56 Å². The second-order valence-electron chi connectivity index (χ2n) is 3.45. The molecule has 0 bridgehead atoms. The molecule has 1 aromatic heterocycles. The summed E-state index contributed by atoms with van der Waals surface area (Å²) in [4.78, 5) is 17.9. The van der Waals surface area contributed by atoms with Crippen molar-refractivity contribution in [2.24, 2.45) is 0 Å². The maximum Gasteiger partial charge on any atom is 0.411 e. The van der Waals surface area contributed by atoms with Crippen LogP contribution in [0, 0.1) is 0 Å². The van der Waals surface area contributed by atoms with Crippen LogP contribution < -0.4 is 10.1 Å². The molecule has 0 aliphatic heterocycles. The smallest absolute Gasteiger partial charge is 0.411 e. The summed E-state index contributed by atoms with van der Waals surface area (Å²) in [5.74, 6) is 0.504. The number of carboxylic acid groups (broad SMARTS) is 1. The Morgan fingerprint density at radius 1 is 1.22 bits per heavy atom. The highest BCUT2D eigenvalue weighted by atomic mass is 16.5. The predicted molar refractivity (Wildman–Crippen MR) is 64.5 cm³/mol. The van der Waals surface area contributed by atoms with E-state index in [0.717, 1.165) is 5.56 Å². The Labute approximate surface area is 103 Å². The number of ether oxygens (including phenoxy) is 1. The first-order valence-electron chi connectivity index (χ1n) is 5.23. The molecule has 2 rings (SSSR count). The lowest BCUT2D eigenvalue weighted by Gasteiger charge is -2.05. The maximum absolute atomic E-state index is 10.3. The molecule has 6 heteroatoms. The Hall–Kier alpha value is -2.63. The molecule has 1 amide bonds. The monoisotopic (exact) mass is 245 g/mol. The molecule has 0 unspecified atom stereocenters. The first-order valence-corrected chi connectivity index (χ1v) is 5.23. The van der Waals surface area contributed by atoms with Gasteiger partial charge in [-0.25, -0.2) is 14.8 Å². The number of amides is 1. The van der Waals surface area contributed by atoms with Crippen LogP contribution in [0.2, 0.25) is 0 Å². The van der Waals surface area contributed by atoms with E-state index in [0.29, 0.717) is 12.4 Å².